The van der Waals surface area contributed by atoms with Gasteiger partial charge in [-0.1, -0.05) is 0 Å². The highest BCUT2D eigenvalue weighted by Crippen LogP contribution is 2.21. The lowest BCUT2D eigenvalue weighted by Crippen LogP contribution is -2.25. The van der Waals surface area contributed by atoms with Gasteiger partial charge in [-0.25, -0.2) is 13.2 Å². The third kappa shape index (κ3) is 5.18. The average molecular weight is 301 g/mol. The first-order chi connectivity index (χ1) is 9.23. The number of rotatable bonds is 7. The van der Waals surface area contributed by atoms with Gasteiger partial charge >= 0.3 is 5.97 Å². The fourth-order valence-corrected chi connectivity index (χ4v) is 2.37. The van der Waals surface area contributed by atoms with E-state index >= 15 is 0 Å². The number of benzene rings is 1. The van der Waals surface area contributed by atoms with Gasteiger partial charge in [-0.15, -0.1) is 0 Å². The minimum Gasteiger partial charge on any atom is -0.496 e. The van der Waals surface area contributed by atoms with Crippen LogP contribution >= 0.6 is 0 Å². The molecule has 0 aliphatic heterocycles. The van der Waals surface area contributed by atoms with Crippen LogP contribution in [-0.4, -0.2) is 57.1 Å². The van der Waals surface area contributed by atoms with E-state index < -0.39 is 15.8 Å². The van der Waals surface area contributed by atoms with E-state index in [-0.39, 0.29) is 11.3 Å². The van der Waals surface area contributed by atoms with Crippen LogP contribution in [0, 0.1) is 0 Å². The summed E-state index contributed by atoms with van der Waals surface area (Å²) in [6.07, 6.45) is 1.19. The van der Waals surface area contributed by atoms with E-state index in [1.807, 2.05) is 4.90 Å². The third-order valence-electron chi connectivity index (χ3n) is 2.81. The van der Waals surface area contributed by atoms with Gasteiger partial charge in [-0.05, 0) is 25.2 Å². The quantitative estimate of drug-likeness (QED) is 0.804. The summed E-state index contributed by atoms with van der Waals surface area (Å²) in [7, 11) is 0.270. The Labute approximate surface area is 118 Å². The Bertz CT molecular complexity index is 582. The van der Waals surface area contributed by atoms with E-state index in [1.165, 1.54) is 25.5 Å². The van der Waals surface area contributed by atoms with Crippen LogP contribution in [0.3, 0.4) is 0 Å². The molecule has 112 valence electrons. The van der Waals surface area contributed by atoms with Crippen LogP contribution in [0.25, 0.3) is 0 Å². The average Bonchev–Trinajstić information content (AvgIpc) is 2.35. The first-order valence-corrected chi connectivity index (χ1v) is 8.05. The molecule has 1 N–H and O–H groups in total. The van der Waals surface area contributed by atoms with Crippen molar-refractivity contribution in [3.63, 3.8) is 0 Å². The Morgan fingerprint density at radius 3 is 2.55 bits per heavy atom. The number of hydrogen-bond donors (Lipinski definition) is 1. The number of hydrogen-bond acceptors (Lipinski definition) is 5. The van der Waals surface area contributed by atoms with Gasteiger partial charge in [0.05, 0.1) is 18.4 Å². The van der Waals surface area contributed by atoms with Crippen LogP contribution in [0.5, 0.6) is 5.75 Å². The van der Waals surface area contributed by atoms with Crippen LogP contribution in [-0.2, 0) is 16.4 Å². The fraction of sp³-hybridized carbons (Fsp3) is 0.462. The minimum absolute atomic E-state index is 0.0600. The number of nitrogens with zero attached hydrogens (tertiary/aromatic N) is 1. The van der Waals surface area contributed by atoms with E-state index in [0.29, 0.717) is 24.4 Å². The first-order valence-electron chi connectivity index (χ1n) is 5.99. The highest BCUT2D eigenvalue weighted by atomic mass is 32.2. The topological polar surface area (TPSA) is 83.9 Å². The molecule has 1 rings (SSSR count). The second-order valence-electron chi connectivity index (χ2n) is 4.70. The van der Waals surface area contributed by atoms with Crippen molar-refractivity contribution in [3.05, 3.63) is 29.3 Å². The molecule has 0 spiro atoms. The van der Waals surface area contributed by atoms with Crippen LogP contribution < -0.4 is 4.74 Å². The molecule has 0 fully saturated rings. The molecule has 1 aromatic rings. The molecule has 0 unspecified atom stereocenters. The Kier molecular flexibility index (Phi) is 5.52. The molecule has 6 nitrogen and oxygen atoms in total. The van der Waals surface area contributed by atoms with E-state index in [2.05, 4.69) is 0 Å². The zero-order valence-corrected chi connectivity index (χ0v) is 12.6. The molecule has 0 saturated heterocycles. The van der Waals surface area contributed by atoms with Gasteiger partial charge in [0, 0.05) is 24.9 Å². The monoisotopic (exact) mass is 301 g/mol. The zero-order chi connectivity index (χ0) is 15.3. The summed E-state index contributed by atoms with van der Waals surface area (Å²) >= 11 is 0. The molecule has 0 saturated carbocycles. The molecule has 0 amide bonds. The summed E-state index contributed by atoms with van der Waals surface area (Å²) < 4.78 is 27.4. The molecule has 20 heavy (non-hydrogen) atoms. The van der Waals surface area contributed by atoms with Gasteiger partial charge in [0.25, 0.3) is 0 Å². The van der Waals surface area contributed by atoms with Gasteiger partial charge in [0.15, 0.2) is 0 Å². The number of sulfone groups is 1. The number of carbonyl (C=O) groups is 1. The molecule has 0 atom stereocenters. The Morgan fingerprint density at radius 1 is 1.40 bits per heavy atom. The Balaban J connectivity index is 2.84. The number of carboxylic acids is 1. The van der Waals surface area contributed by atoms with Crippen molar-refractivity contribution in [2.24, 2.45) is 0 Å². The lowest BCUT2D eigenvalue weighted by atomic mass is 10.1. The SMILES string of the molecule is COc1ccc(C(=O)O)cc1CN(C)CCS(C)(=O)=O. The van der Waals surface area contributed by atoms with Crippen LogP contribution in [0.2, 0.25) is 0 Å². The van der Waals surface area contributed by atoms with Gasteiger partial charge in [-0.2, -0.15) is 0 Å². The van der Waals surface area contributed by atoms with E-state index in [9.17, 15) is 13.2 Å². The third-order valence-corrected chi connectivity index (χ3v) is 3.74. The Morgan fingerprint density at radius 2 is 2.05 bits per heavy atom. The summed E-state index contributed by atoms with van der Waals surface area (Å²) in [6.45, 7) is 0.791. The molecule has 0 bridgehead atoms. The number of aromatic carboxylic acids is 1. The summed E-state index contributed by atoms with van der Waals surface area (Å²) in [6, 6.07) is 4.61. The summed E-state index contributed by atoms with van der Waals surface area (Å²) in [4.78, 5) is 12.8. The Hall–Kier alpha value is -1.60. The molecule has 7 heteroatoms. The number of ether oxygens (including phenoxy) is 1. The second kappa shape index (κ2) is 6.71. The van der Waals surface area contributed by atoms with Crippen molar-refractivity contribution in [1.82, 2.24) is 4.90 Å². The lowest BCUT2D eigenvalue weighted by molar-refractivity contribution is 0.0696. The van der Waals surface area contributed by atoms with Gasteiger partial charge < -0.3 is 14.7 Å². The maximum absolute atomic E-state index is 11.1. The van der Waals surface area contributed by atoms with Crippen molar-refractivity contribution >= 4 is 15.8 Å². The van der Waals surface area contributed by atoms with E-state index in [4.69, 9.17) is 9.84 Å². The normalized spacial score (nSPS) is 11.6. The van der Waals surface area contributed by atoms with E-state index in [0.717, 1.165) is 0 Å². The predicted octanol–water partition coefficient (Wildman–Crippen LogP) is 0.870. The standard InChI is InChI=1S/C13H19NO5S/c1-14(6-7-20(3,17)18)9-11-8-10(13(15)16)4-5-12(11)19-2/h4-5,8H,6-7,9H2,1-3H3,(H,15,16). The maximum atomic E-state index is 11.1. The summed E-state index contributed by atoms with van der Waals surface area (Å²) in [5, 5.41) is 8.98. The van der Waals surface area contributed by atoms with Gasteiger partial charge in [0.1, 0.15) is 15.6 Å². The molecule has 0 heterocycles. The van der Waals surface area contributed by atoms with Gasteiger partial charge in [0.2, 0.25) is 0 Å². The van der Waals surface area contributed by atoms with Crippen LogP contribution in [0.4, 0.5) is 0 Å². The minimum atomic E-state index is -3.02. The van der Waals surface area contributed by atoms with Crippen LogP contribution in [0.1, 0.15) is 15.9 Å². The molecule has 0 aliphatic rings. The predicted molar refractivity (Wildman–Crippen MR) is 76.0 cm³/mol. The van der Waals surface area contributed by atoms with Crippen molar-refractivity contribution in [2.75, 3.05) is 32.7 Å². The van der Waals surface area contributed by atoms with Gasteiger partial charge in [-0.3, -0.25) is 0 Å². The highest BCUT2D eigenvalue weighted by Gasteiger charge is 2.12. The zero-order valence-electron chi connectivity index (χ0n) is 11.8. The number of carboxylic acid groups (broad SMARTS) is 1. The fourth-order valence-electron chi connectivity index (χ4n) is 1.73. The molecule has 1 aromatic carbocycles. The van der Waals surface area contributed by atoms with Crippen molar-refractivity contribution in [1.29, 1.82) is 0 Å². The maximum Gasteiger partial charge on any atom is 0.335 e. The lowest BCUT2D eigenvalue weighted by Gasteiger charge is -2.18. The molecule has 0 radical (unpaired) electrons. The number of methoxy groups -OCH3 is 1. The molecule has 0 aromatic heterocycles. The largest absolute Gasteiger partial charge is 0.496 e. The second-order valence-corrected chi connectivity index (χ2v) is 6.96. The molecule has 0 aliphatic carbocycles. The highest BCUT2D eigenvalue weighted by molar-refractivity contribution is 7.90. The van der Waals surface area contributed by atoms with Crippen LogP contribution in [0.15, 0.2) is 18.2 Å². The summed E-state index contributed by atoms with van der Waals surface area (Å²) in [5.41, 5.74) is 0.890. The smallest absolute Gasteiger partial charge is 0.335 e. The first kappa shape index (κ1) is 16.5. The van der Waals surface area contributed by atoms with Crippen molar-refractivity contribution < 1.29 is 23.1 Å². The van der Waals surface area contributed by atoms with E-state index in [1.54, 1.807) is 13.1 Å². The summed E-state index contributed by atoms with van der Waals surface area (Å²) in [5.74, 6) is -0.362. The van der Waals surface area contributed by atoms with Crippen molar-refractivity contribution in [2.45, 2.75) is 6.54 Å². The molecular weight excluding hydrogens is 282 g/mol. The molecular formula is C13H19NO5S. The van der Waals surface area contributed by atoms with Crippen molar-refractivity contribution in [3.8, 4) is 5.75 Å².